The summed E-state index contributed by atoms with van der Waals surface area (Å²) in [5.74, 6) is -1.87. The predicted octanol–water partition coefficient (Wildman–Crippen LogP) is 1.72. The molecule has 1 aromatic carbocycles. The van der Waals surface area contributed by atoms with Crippen LogP contribution < -0.4 is 11.1 Å². The lowest BCUT2D eigenvalue weighted by Gasteiger charge is -2.08. The van der Waals surface area contributed by atoms with Crippen LogP contribution >= 0.6 is 11.8 Å². The lowest BCUT2D eigenvalue weighted by molar-refractivity contribution is -0.118. The zero-order chi connectivity index (χ0) is 18.4. The van der Waals surface area contributed by atoms with E-state index >= 15 is 0 Å². The number of nitrogens with one attached hydrogen (secondary N) is 1. The summed E-state index contributed by atoms with van der Waals surface area (Å²) in [5.41, 5.74) is 5.03. The van der Waals surface area contributed by atoms with E-state index in [1.807, 2.05) is 6.92 Å². The van der Waals surface area contributed by atoms with E-state index in [-0.39, 0.29) is 17.9 Å². The van der Waals surface area contributed by atoms with Crippen LogP contribution in [-0.4, -0.2) is 32.3 Å². The molecule has 0 saturated heterocycles. The maximum atomic E-state index is 13.5. The normalized spacial score (nSPS) is 10.7. The van der Waals surface area contributed by atoms with Gasteiger partial charge in [-0.15, -0.1) is 10.2 Å². The quantitative estimate of drug-likeness (QED) is 0.690. The molecule has 7 nitrogen and oxygen atoms in total. The predicted molar refractivity (Wildman–Crippen MR) is 88.9 cm³/mol. The Morgan fingerprint density at radius 3 is 2.72 bits per heavy atom. The zero-order valence-corrected chi connectivity index (χ0v) is 14.3. The Balaban J connectivity index is 1.96. The minimum absolute atomic E-state index is 0.0230. The van der Waals surface area contributed by atoms with Crippen LogP contribution in [0, 0.1) is 11.6 Å². The van der Waals surface area contributed by atoms with Crippen molar-refractivity contribution in [2.24, 2.45) is 5.73 Å². The molecule has 0 aliphatic heterocycles. The molecule has 0 aliphatic carbocycles. The Kier molecular flexibility index (Phi) is 6.45. The summed E-state index contributed by atoms with van der Waals surface area (Å²) in [4.78, 5) is 22.8. The molecule has 2 rings (SSSR count). The fourth-order valence-corrected chi connectivity index (χ4v) is 2.89. The van der Waals surface area contributed by atoms with Crippen molar-refractivity contribution >= 4 is 29.3 Å². The molecule has 0 unspecified atom stereocenters. The Bertz CT molecular complexity index is 781. The van der Waals surface area contributed by atoms with Gasteiger partial charge in [0.1, 0.15) is 17.5 Å². The number of aromatic nitrogens is 3. The monoisotopic (exact) mass is 369 g/mol. The van der Waals surface area contributed by atoms with Gasteiger partial charge in [-0.25, -0.2) is 8.78 Å². The number of carbonyl (C=O) groups excluding carboxylic acids is 2. The van der Waals surface area contributed by atoms with Crippen molar-refractivity contribution in [1.29, 1.82) is 0 Å². The molecule has 0 radical (unpaired) electrons. The van der Waals surface area contributed by atoms with E-state index in [9.17, 15) is 18.4 Å². The summed E-state index contributed by atoms with van der Waals surface area (Å²) in [7, 11) is 0. The van der Waals surface area contributed by atoms with Crippen molar-refractivity contribution in [3.8, 4) is 0 Å². The highest BCUT2D eigenvalue weighted by Gasteiger charge is 2.14. The summed E-state index contributed by atoms with van der Waals surface area (Å²) < 4.78 is 28.1. The largest absolute Gasteiger partial charge is 0.370 e. The zero-order valence-electron chi connectivity index (χ0n) is 13.5. The first-order chi connectivity index (χ1) is 11.9. The lowest BCUT2D eigenvalue weighted by atomic mass is 10.3. The second-order valence-electron chi connectivity index (χ2n) is 5.07. The number of hydrogen-bond donors (Lipinski definition) is 2. The number of benzene rings is 1. The third-order valence-electron chi connectivity index (χ3n) is 3.24. The van der Waals surface area contributed by atoms with E-state index in [1.54, 1.807) is 4.57 Å². The van der Waals surface area contributed by atoms with Crippen molar-refractivity contribution < 1.29 is 18.4 Å². The Morgan fingerprint density at radius 1 is 1.32 bits per heavy atom. The number of hydrogen-bond acceptors (Lipinski definition) is 5. The van der Waals surface area contributed by atoms with Gasteiger partial charge < -0.3 is 15.6 Å². The van der Waals surface area contributed by atoms with Crippen LogP contribution in [0.5, 0.6) is 0 Å². The van der Waals surface area contributed by atoms with Crippen molar-refractivity contribution in [3.05, 3.63) is 35.7 Å². The number of amides is 2. The molecule has 1 heterocycles. The molecule has 0 atom stereocenters. The highest BCUT2D eigenvalue weighted by molar-refractivity contribution is 7.99. The molecular formula is C15H17F2N5O2S. The van der Waals surface area contributed by atoms with Crippen molar-refractivity contribution in [2.45, 2.75) is 31.5 Å². The van der Waals surface area contributed by atoms with Crippen LogP contribution in [0.25, 0.3) is 0 Å². The smallest absolute Gasteiger partial charge is 0.234 e. The van der Waals surface area contributed by atoms with Gasteiger partial charge in [0.25, 0.3) is 0 Å². The van der Waals surface area contributed by atoms with Gasteiger partial charge in [0.05, 0.1) is 11.4 Å². The van der Waals surface area contributed by atoms with Gasteiger partial charge in [0, 0.05) is 25.5 Å². The SMILES string of the molecule is CCn1c(CCC(N)=O)nnc1SCC(=O)Nc1ccc(F)cc1F. The topological polar surface area (TPSA) is 103 Å². The number of anilines is 1. The van der Waals surface area contributed by atoms with Crippen molar-refractivity contribution in [2.75, 3.05) is 11.1 Å². The third-order valence-corrected chi connectivity index (χ3v) is 4.21. The first-order valence-corrected chi connectivity index (χ1v) is 8.47. The summed E-state index contributed by atoms with van der Waals surface area (Å²) >= 11 is 1.13. The number of primary amides is 1. The fourth-order valence-electron chi connectivity index (χ4n) is 2.07. The number of carbonyl (C=O) groups is 2. The van der Waals surface area contributed by atoms with E-state index in [0.717, 1.165) is 23.9 Å². The average molecular weight is 369 g/mol. The number of nitrogens with zero attached hydrogens (tertiary/aromatic N) is 3. The van der Waals surface area contributed by atoms with Crippen LogP contribution in [0.1, 0.15) is 19.2 Å². The molecule has 10 heteroatoms. The molecule has 0 fully saturated rings. The molecule has 0 saturated carbocycles. The number of rotatable bonds is 8. The number of nitrogens with two attached hydrogens (primary N) is 1. The lowest BCUT2D eigenvalue weighted by Crippen LogP contribution is -2.16. The molecule has 1 aromatic heterocycles. The van der Waals surface area contributed by atoms with Crippen LogP contribution in [0.15, 0.2) is 23.4 Å². The van der Waals surface area contributed by atoms with E-state index in [2.05, 4.69) is 15.5 Å². The molecule has 0 spiro atoms. The Labute approximate surface area is 147 Å². The number of halogens is 2. The summed E-state index contributed by atoms with van der Waals surface area (Å²) in [5, 5.41) is 10.9. The van der Waals surface area contributed by atoms with Gasteiger partial charge in [-0.2, -0.15) is 0 Å². The summed E-state index contributed by atoms with van der Waals surface area (Å²) in [6.07, 6.45) is 0.525. The van der Waals surface area contributed by atoms with Gasteiger partial charge in [-0.05, 0) is 19.1 Å². The summed E-state index contributed by atoms with van der Waals surface area (Å²) in [6.45, 7) is 2.45. The molecule has 134 valence electrons. The van der Waals surface area contributed by atoms with Gasteiger partial charge >= 0.3 is 0 Å². The molecular weight excluding hydrogens is 352 g/mol. The summed E-state index contributed by atoms with van der Waals surface area (Å²) in [6, 6.07) is 2.91. The maximum absolute atomic E-state index is 13.5. The van der Waals surface area contributed by atoms with Crippen molar-refractivity contribution in [3.63, 3.8) is 0 Å². The standard InChI is InChI=1S/C15H17F2N5O2S/c1-2-22-13(6-5-12(18)23)20-21-15(22)25-8-14(24)19-11-4-3-9(16)7-10(11)17/h3-4,7H,2,5-6,8H2,1H3,(H2,18,23)(H,19,24). The molecule has 0 aliphatic rings. The Morgan fingerprint density at radius 2 is 2.08 bits per heavy atom. The second kappa shape index (κ2) is 8.56. The number of aryl methyl sites for hydroxylation is 1. The second-order valence-corrected chi connectivity index (χ2v) is 6.01. The molecule has 2 amide bonds. The van der Waals surface area contributed by atoms with E-state index in [1.165, 1.54) is 0 Å². The Hall–Kier alpha value is -2.49. The first kappa shape index (κ1) is 18.8. The molecule has 3 N–H and O–H groups in total. The minimum atomic E-state index is -0.844. The number of thioether (sulfide) groups is 1. The van der Waals surface area contributed by atoms with Gasteiger partial charge in [0.15, 0.2) is 5.16 Å². The highest BCUT2D eigenvalue weighted by Crippen LogP contribution is 2.19. The molecule has 0 bridgehead atoms. The van der Waals surface area contributed by atoms with E-state index in [4.69, 9.17) is 5.73 Å². The van der Waals surface area contributed by atoms with Crippen molar-refractivity contribution in [1.82, 2.24) is 14.8 Å². The van der Waals surface area contributed by atoms with Crippen LogP contribution in [0.2, 0.25) is 0 Å². The molecule has 2 aromatic rings. The highest BCUT2D eigenvalue weighted by atomic mass is 32.2. The first-order valence-electron chi connectivity index (χ1n) is 7.48. The van der Waals surface area contributed by atoms with Crippen LogP contribution in [-0.2, 0) is 22.6 Å². The van der Waals surface area contributed by atoms with Gasteiger partial charge in [-0.3, -0.25) is 9.59 Å². The molecule has 25 heavy (non-hydrogen) atoms. The minimum Gasteiger partial charge on any atom is -0.370 e. The van der Waals surface area contributed by atoms with Gasteiger partial charge in [0.2, 0.25) is 11.8 Å². The average Bonchev–Trinajstić information content (AvgIpc) is 2.95. The van der Waals surface area contributed by atoms with Crippen LogP contribution in [0.4, 0.5) is 14.5 Å². The van der Waals surface area contributed by atoms with E-state index in [0.29, 0.717) is 30.0 Å². The van der Waals surface area contributed by atoms with Crippen LogP contribution in [0.3, 0.4) is 0 Å². The maximum Gasteiger partial charge on any atom is 0.234 e. The third kappa shape index (κ3) is 5.24. The fraction of sp³-hybridized carbons (Fsp3) is 0.333. The van der Waals surface area contributed by atoms with E-state index < -0.39 is 23.4 Å². The van der Waals surface area contributed by atoms with Gasteiger partial charge in [-0.1, -0.05) is 11.8 Å².